The number of aryl methyl sites for hydroxylation is 1. The maximum Gasteiger partial charge on any atom is 0.192 e. The van der Waals surface area contributed by atoms with Crippen LogP contribution in [-0.2, 0) is 20.1 Å². The highest BCUT2D eigenvalue weighted by Crippen LogP contribution is 2.22. The Morgan fingerprint density at radius 2 is 1.82 bits per heavy atom. The summed E-state index contributed by atoms with van der Waals surface area (Å²) in [6.07, 6.45) is 0. The van der Waals surface area contributed by atoms with Gasteiger partial charge in [-0.3, -0.25) is 0 Å². The number of aliphatic imine (C=N–C) groups is 1. The quantitative estimate of drug-likeness (QED) is 0.491. The minimum atomic E-state index is -0.00282. The number of nitrogens with one attached hydrogen (secondary N) is 2. The van der Waals surface area contributed by atoms with Gasteiger partial charge >= 0.3 is 0 Å². The zero-order valence-electron chi connectivity index (χ0n) is 16.4. The van der Waals surface area contributed by atoms with Crippen molar-refractivity contribution in [1.29, 1.82) is 0 Å². The van der Waals surface area contributed by atoms with Gasteiger partial charge < -0.3 is 15.2 Å². The molecule has 0 spiro atoms. The SMILES string of the molecule is Cc1nnc(CNC(=NCc2ccccc2)NC(C)c2ccccc2Cl)n1C. The Kier molecular flexibility index (Phi) is 6.66. The minimum Gasteiger partial charge on any atom is -0.350 e. The van der Waals surface area contributed by atoms with Crippen molar-refractivity contribution in [1.82, 2.24) is 25.4 Å². The summed E-state index contributed by atoms with van der Waals surface area (Å²) in [6, 6.07) is 18.0. The van der Waals surface area contributed by atoms with Crippen LogP contribution in [0.5, 0.6) is 0 Å². The lowest BCUT2D eigenvalue weighted by Crippen LogP contribution is -2.39. The van der Waals surface area contributed by atoms with E-state index in [9.17, 15) is 0 Å². The molecule has 2 aromatic carbocycles. The van der Waals surface area contributed by atoms with Gasteiger partial charge in [-0.05, 0) is 31.0 Å². The zero-order valence-corrected chi connectivity index (χ0v) is 17.1. The summed E-state index contributed by atoms with van der Waals surface area (Å²) >= 11 is 6.35. The van der Waals surface area contributed by atoms with Gasteiger partial charge in [-0.1, -0.05) is 60.1 Å². The number of rotatable bonds is 6. The van der Waals surface area contributed by atoms with Gasteiger partial charge in [0.2, 0.25) is 0 Å². The third kappa shape index (κ3) is 5.10. The minimum absolute atomic E-state index is 0.00282. The highest BCUT2D eigenvalue weighted by atomic mass is 35.5. The smallest absolute Gasteiger partial charge is 0.192 e. The third-order valence-corrected chi connectivity index (χ3v) is 4.93. The highest BCUT2D eigenvalue weighted by Gasteiger charge is 2.12. The second-order valence-electron chi connectivity index (χ2n) is 6.61. The van der Waals surface area contributed by atoms with E-state index >= 15 is 0 Å². The number of benzene rings is 2. The maximum atomic E-state index is 6.35. The van der Waals surface area contributed by atoms with Crippen LogP contribution < -0.4 is 10.6 Å². The van der Waals surface area contributed by atoms with Crippen LogP contribution in [0.1, 0.15) is 35.7 Å². The summed E-state index contributed by atoms with van der Waals surface area (Å²) in [7, 11) is 1.95. The molecule has 0 fully saturated rings. The largest absolute Gasteiger partial charge is 0.350 e. The molecule has 2 N–H and O–H groups in total. The summed E-state index contributed by atoms with van der Waals surface area (Å²) < 4.78 is 1.96. The lowest BCUT2D eigenvalue weighted by atomic mass is 10.1. The molecule has 1 aromatic heterocycles. The van der Waals surface area contributed by atoms with Crippen molar-refractivity contribution >= 4 is 17.6 Å². The molecule has 146 valence electrons. The van der Waals surface area contributed by atoms with Crippen LogP contribution in [0.15, 0.2) is 59.6 Å². The highest BCUT2D eigenvalue weighted by molar-refractivity contribution is 6.31. The van der Waals surface area contributed by atoms with Crippen molar-refractivity contribution in [2.24, 2.45) is 12.0 Å². The van der Waals surface area contributed by atoms with Crippen LogP contribution in [0.25, 0.3) is 0 Å². The fraction of sp³-hybridized carbons (Fsp3) is 0.286. The Bertz CT molecular complexity index is 935. The second kappa shape index (κ2) is 9.37. The molecular formula is C21H25ClN6. The topological polar surface area (TPSA) is 67.1 Å². The third-order valence-electron chi connectivity index (χ3n) is 4.58. The summed E-state index contributed by atoms with van der Waals surface area (Å²) in [5.41, 5.74) is 2.16. The average Bonchev–Trinajstić information content (AvgIpc) is 3.03. The monoisotopic (exact) mass is 396 g/mol. The van der Waals surface area contributed by atoms with E-state index in [1.807, 2.05) is 61.0 Å². The normalized spacial score (nSPS) is 12.6. The summed E-state index contributed by atoms with van der Waals surface area (Å²) in [6.45, 7) is 5.09. The van der Waals surface area contributed by atoms with E-state index in [0.29, 0.717) is 19.0 Å². The van der Waals surface area contributed by atoms with Crippen molar-refractivity contribution < 1.29 is 0 Å². The molecule has 7 heteroatoms. The molecule has 1 unspecified atom stereocenters. The molecule has 28 heavy (non-hydrogen) atoms. The number of hydrogen-bond acceptors (Lipinski definition) is 3. The van der Waals surface area contributed by atoms with Gasteiger partial charge in [0.05, 0.1) is 19.1 Å². The van der Waals surface area contributed by atoms with Gasteiger partial charge in [-0.2, -0.15) is 0 Å². The fourth-order valence-electron chi connectivity index (χ4n) is 2.78. The first kappa shape index (κ1) is 19.9. The van der Waals surface area contributed by atoms with Crippen molar-refractivity contribution in [3.05, 3.63) is 82.4 Å². The predicted octanol–water partition coefficient (Wildman–Crippen LogP) is 3.77. The first-order valence-electron chi connectivity index (χ1n) is 9.22. The fourth-order valence-corrected chi connectivity index (χ4v) is 3.08. The zero-order chi connectivity index (χ0) is 19.9. The summed E-state index contributed by atoms with van der Waals surface area (Å²) in [5.74, 6) is 2.41. The molecule has 3 rings (SSSR count). The number of halogens is 1. The Labute approximate surface area is 170 Å². The van der Waals surface area contributed by atoms with E-state index in [1.165, 1.54) is 0 Å². The number of aromatic nitrogens is 3. The first-order chi connectivity index (χ1) is 13.5. The Morgan fingerprint density at radius 1 is 1.11 bits per heavy atom. The Balaban J connectivity index is 1.75. The van der Waals surface area contributed by atoms with Crippen LogP contribution in [0, 0.1) is 6.92 Å². The molecular weight excluding hydrogens is 372 g/mol. The van der Waals surface area contributed by atoms with E-state index in [2.05, 4.69) is 39.9 Å². The Hall–Kier alpha value is -2.86. The van der Waals surface area contributed by atoms with E-state index in [4.69, 9.17) is 16.6 Å². The van der Waals surface area contributed by atoms with E-state index in [0.717, 1.165) is 27.8 Å². The van der Waals surface area contributed by atoms with Crippen molar-refractivity contribution in [2.45, 2.75) is 33.0 Å². The molecule has 0 saturated carbocycles. The van der Waals surface area contributed by atoms with E-state index < -0.39 is 0 Å². The van der Waals surface area contributed by atoms with Gasteiger partial charge in [0.1, 0.15) is 5.82 Å². The van der Waals surface area contributed by atoms with Crippen molar-refractivity contribution in [3.8, 4) is 0 Å². The van der Waals surface area contributed by atoms with Gasteiger partial charge in [0.25, 0.3) is 0 Å². The number of hydrogen-bond donors (Lipinski definition) is 2. The molecule has 1 atom stereocenters. The van der Waals surface area contributed by atoms with Crippen LogP contribution in [-0.4, -0.2) is 20.7 Å². The van der Waals surface area contributed by atoms with Gasteiger partial charge in [0, 0.05) is 12.1 Å². The van der Waals surface area contributed by atoms with E-state index in [1.54, 1.807) is 0 Å². The van der Waals surface area contributed by atoms with E-state index in [-0.39, 0.29) is 6.04 Å². The molecule has 0 aliphatic rings. The van der Waals surface area contributed by atoms with Crippen LogP contribution in [0.2, 0.25) is 5.02 Å². The molecule has 0 amide bonds. The molecule has 0 aliphatic carbocycles. The number of guanidine groups is 1. The molecule has 6 nitrogen and oxygen atoms in total. The first-order valence-corrected chi connectivity index (χ1v) is 9.60. The van der Waals surface area contributed by atoms with Crippen molar-refractivity contribution in [3.63, 3.8) is 0 Å². The van der Waals surface area contributed by atoms with Crippen LogP contribution in [0.4, 0.5) is 0 Å². The number of nitrogens with zero attached hydrogens (tertiary/aromatic N) is 4. The predicted molar refractivity (Wildman–Crippen MR) is 113 cm³/mol. The van der Waals surface area contributed by atoms with Gasteiger partial charge in [0.15, 0.2) is 11.8 Å². The molecule has 3 aromatic rings. The lowest BCUT2D eigenvalue weighted by molar-refractivity contribution is 0.664. The Morgan fingerprint density at radius 3 is 2.50 bits per heavy atom. The average molecular weight is 397 g/mol. The summed E-state index contributed by atoms with van der Waals surface area (Å²) in [4.78, 5) is 4.73. The molecule has 0 saturated heterocycles. The summed E-state index contributed by atoms with van der Waals surface area (Å²) in [5, 5.41) is 15.8. The second-order valence-corrected chi connectivity index (χ2v) is 7.02. The molecule has 0 bridgehead atoms. The maximum absolute atomic E-state index is 6.35. The molecule has 1 heterocycles. The van der Waals surface area contributed by atoms with Crippen LogP contribution >= 0.6 is 11.6 Å². The molecule has 0 aliphatic heterocycles. The lowest BCUT2D eigenvalue weighted by Gasteiger charge is -2.19. The van der Waals surface area contributed by atoms with Crippen molar-refractivity contribution in [2.75, 3.05) is 0 Å². The van der Waals surface area contributed by atoms with Crippen LogP contribution in [0.3, 0.4) is 0 Å². The van der Waals surface area contributed by atoms with Gasteiger partial charge in [-0.15, -0.1) is 10.2 Å². The van der Waals surface area contributed by atoms with Gasteiger partial charge in [-0.25, -0.2) is 4.99 Å². The standard InChI is InChI=1S/C21H25ClN6/c1-15(18-11-7-8-12-19(18)22)25-21(23-13-17-9-5-4-6-10-17)24-14-20-27-26-16(2)28(20)3/h4-12,15H,13-14H2,1-3H3,(H2,23,24,25). The molecule has 0 radical (unpaired) electrons.